The second-order valence-electron chi connectivity index (χ2n) is 3.55. The molecule has 2 rings (SSSR count). The van der Waals surface area contributed by atoms with E-state index >= 15 is 0 Å². The predicted molar refractivity (Wildman–Crippen MR) is 52.8 cm³/mol. The molecule has 1 aliphatic rings. The van der Waals surface area contributed by atoms with Crippen LogP contribution in [0.1, 0.15) is 18.4 Å². The first-order valence-corrected chi connectivity index (χ1v) is 5.04. The summed E-state index contributed by atoms with van der Waals surface area (Å²) in [5.41, 5.74) is 0.825. The Labute approximate surface area is 88.0 Å². The van der Waals surface area contributed by atoms with Gasteiger partial charge in [-0.05, 0) is 6.92 Å². The normalized spacial score (nSPS) is 18.9. The average molecular weight is 210 g/mol. The number of rotatable bonds is 3. The zero-order valence-corrected chi connectivity index (χ0v) is 8.90. The van der Waals surface area contributed by atoms with E-state index in [9.17, 15) is 4.79 Å². The van der Waals surface area contributed by atoms with E-state index in [1.165, 1.54) is 4.57 Å². The maximum Gasteiger partial charge on any atom is 0.419 e. The van der Waals surface area contributed by atoms with Crippen LogP contribution in [-0.2, 0) is 15.9 Å². The monoisotopic (exact) mass is 210 g/mol. The predicted octanol–water partition coefficient (Wildman–Crippen LogP) is 1.14. The van der Waals surface area contributed by atoms with Crippen molar-refractivity contribution in [3.05, 3.63) is 17.7 Å². The summed E-state index contributed by atoms with van der Waals surface area (Å²) in [6.07, 6.45) is 2.13. The Balaban J connectivity index is 2.02. The van der Waals surface area contributed by atoms with Crippen LogP contribution in [0.15, 0.2) is 6.20 Å². The minimum absolute atomic E-state index is 0.101. The molecule has 0 aromatic carbocycles. The Hall–Kier alpha value is -1.36. The van der Waals surface area contributed by atoms with E-state index in [0.29, 0.717) is 19.6 Å². The molecule has 1 aromatic heterocycles. The lowest BCUT2D eigenvalue weighted by Gasteiger charge is -2.04. The van der Waals surface area contributed by atoms with Gasteiger partial charge in [0.2, 0.25) is 0 Å². The maximum atomic E-state index is 11.6. The highest BCUT2D eigenvalue weighted by Gasteiger charge is 2.25. The number of ether oxygens (including phenoxy) is 2. The van der Waals surface area contributed by atoms with E-state index in [1.807, 2.05) is 13.8 Å². The van der Waals surface area contributed by atoms with Gasteiger partial charge in [0.15, 0.2) is 0 Å². The fourth-order valence-corrected chi connectivity index (χ4v) is 1.35. The van der Waals surface area contributed by atoms with Crippen molar-refractivity contribution in [1.82, 2.24) is 9.55 Å². The summed E-state index contributed by atoms with van der Waals surface area (Å²) in [7, 11) is 0. The van der Waals surface area contributed by atoms with E-state index in [1.54, 1.807) is 6.20 Å². The van der Waals surface area contributed by atoms with Crippen LogP contribution in [0.4, 0.5) is 4.79 Å². The van der Waals surface area contributed by atoms with Crippen LogP contribution in [0.25, 0.3) is 0 Å². The van der Waals surface area contributed by atoms with Crippen LogP contribution in [0.2, 0.25) is 0 Å². The van der Waals surface area contributed by atoms with Gasteiger partial charge in [0.05, 0.1) is 12.3 Å². The molecule has 0 spiro atoms. The summed E-state index contributed by atoms with van der Waals surface area (Å²) in [6, 6.07) is 0. The third-order valence-electron chi connectivity index (χ3n) is 2.21. The Morgan fingerprint density at radius 2 is 2.53 bits per heavy atom. The van der Waals surface area contributed by atoms with Crippen molar-refractivity contribution in [2.24, 2.45) is 0 Å². The lowest BCUT2D eigenvalue weighted by molar-refractivity contribution is 0.137. The fourth-order valence-electron chi connectivity index (χ4n) is 1.35. The third kappa shape index (κ3) is 2.36. The minimum Gasteiger partial charge on any atom is -0.446 e. The highest BCUT2D eigenvalue weighted by molar-refractivity contribution is 5.71. The molecule has 1 atom stereocenters. The van der Waals surface area contributed by atoms with E-state index in [0.717, 1.165) is 11.5 Å². The van der Waals surface area contributed by atoms with Crippen LogP contribution in [0.5, 0.6) is 0 Å². The lowest BCUT2D eigenvalue weighted by atomic mass is 10.4. The van der Waals surface area contributed by atoms with E-state index < -0.39 is 0 Å². The number of epoxide rings is 1. The van der Waals surface area contributed by atoms with Crippen LogP contribution < -0.4 is 0 Å². The highest BCUT2D eigenvalue weighted by atomic mass is 16.6. The van der Waals surface area contributed by atoms with E-state index in [4.69, 9.17) is 9.47 Å². The van der Waals surface area contributed by atoms with E-state index in [-0.39, 0.29) is 12.2 Å². The Morgan fingerprint density at radius 3 is 3.13 bits per heavy atom. The van der Waals surface area contributed by atoms with E-state index in [2.05, 4.69) is 4.98 Å². The van der Waals surface area contributed by atoms with Crippen molar-refractivity contribution in [3.8, 4) is 0 Å². The van der Waals surface area contributed by atoms with Crippen molar-refractivity contribution < 1.29 is 14.3 Å². The van der Waals surface area contributed by atoms with Crippen molar-refractivity contribution >= 4 is 6.09 Å². The molecule has 0 N–H and O–H groups in total. The molecule has 1 aliphatic heterocycles. The largest absolute Gasteiger partial charge is 0.446 e. The molecule has 0 bridgehead atoms. The van der Waals surface area contributed by atoms with Crippen molar-refractivity contribution in [2.45, 2.75) is 26.4 Å². The molecule has 5 nitrogen and oxygen atoms in total. The van der Waals surface area contributed by atoms with Gasteiger partial charge in [-0.3, -0.25) is 0 Å². The molecule has 0 saturated carbocycles. The van der Waals surface area contributed by atoms with Crippen LogP contribution >= 0.6 is 0 Å². The summed E-state index contributed by atoms with van der Waals surface area (Å²) in [4.78, 5) is 15.8. The lowest BCUT2D eigenvalue weighted by Crippen LogP contribution is -2.18. The van der Waals surface area contributed by atoms with Crippen molar-refractivity contribution in [2.75, 3.05) is 13.2 Å². The number of hydrogen-bond donors (Lipinski definition) is 0. The Morgan fingerprint density at radius 1 is 1.80 bits per heavy atom. The number of carbonyl (C=O) groups excluding carboxylic acids is 1. The Kier molecular flexibility index (Phi) is 2.73. The third-order valence-corrected chi connectivity index (χ3v) is 2.21. The summed E-state index contributed by atoms with van der Waals surface area (Å²) >= 11 is 0. The molecule has 5 heteroatoms. The zero-order valence-electron chi connectivity index (χ0n) is 8.90. The van der Waals surface area contributed by atoms with Gasteiger partial charge in [-0.2, -0.15) is 0 Å². The standard InChI is InChI=1S/C10H14N2O3/c1-3-9-11-7(2)4-12(9)10(13)15-6-8-5-14-8/h4,8H,3,5-6H2,1-2H3. The minimum atomic E-state index is -0.372. The van der Waals surface area contributed by atoms with Crippen molar-refractivity contribution in [1.29, 1.82) is 0 Å². The van der Waals surface area contributed by atoms with Gasteiger partial charge >= 0.3 is 6.09 Å². The number of aryl methyl sites for hydroxylation is 2. The number of hydrogen-bond acceptors (Lipinski definition) is 4. The first-order chi connectivity index (χ1) is 7.20. The van der Waals surface area contributed by atoms with Crippen molar-refractivity contribution in [3.63, 3.8) is 0 Å². The fraction of sp³-hybridized carbons (Fsp3) is 0.600. The summed E-state index contributed by atoms with van der Waals surface area (Å²) < 4.78 is 11.5. The molecule has 2 heterocycles. The molecule has 1 aromatic rings. The summed E-state index contributed by atoms with van der Waals surface area (Å²) in [5, 5.41) is 0. The molecule has 15 heavy (non-hydrogen) atoms. The molecule has 1 saturated heterocycles. The maximum absolute atomic E-state index is 11.6. The summed E-state index contributed by atoms with van der Waals surface area (Å²) in [5.74, 6) is 0.731. The quantitative estimate of drug-likeness (QED) is 0.702. The van der Waals surface area contributed by atoms with Crippen LogP contribution in [0, 0.1) is 6.92 Å². The molecule has 1 fully saturated rings. The zero-order chi connectivity index (χ0) is 10.8. The van der Waals surface area contributed by atoms with Gasteiger partial charge in [0.25, 0.3) is 0 Å². The molecule has 0 amide bonds. The average Bonchev–Trinajstić information content (AvgIpc) is 2.97. The SMILES string of the molecule is CCc1nc(C)cn1C(=O)OCC1CO1. The number of nitrogens with zero attached hydrogens (tertiary/aromatic N) is 2. The second-order valence-corrected chi connectivity index (χ2v) is 3.55. The van der Waals surface area contributed by atoms with Gasteiger partial charge in [-0.25, -0.2) is 14.3 Å². The second kappa shape index (κ2) is 4.02. The highest BCUT2D eigenvalue weighted by Crippen LogP contribution is 2.10. The smallest absolute Gasteiger partial charge is 0.419 e. The molecule has 82 valence electrons. The molecular weight excluding hydrogens is 196 g/mol. The molecule has 0 aliphatic carbocycles. The number of aromatic nitrogens is 2. The van der Waals surface area contributed by atoms with Gasteiger partial charge in [-0.1, -0.05) is 6.92 Å². The molecule has 1 unspecified atom stereocenters. The molecular formula is C10H14N2O3. The summed E-state index contributed by atoms with van der Waals surface area (Å²) in [6.45, 7) is 4.83. The number of carbonyl (C=O) groups is 1. The Bertz CT molecular complexity index is 369. The van der Waals surface area contributed by atoms with Crippen LogP contribution in [-0.4, -0.2) is 35.0 Å². The van der Waals surface area contributed by atoms with Gasteiger partial charge in [0, 0.05) is 12.6 Å². The van der Waals surface area contributed by atoms with Gasteiger partial charge in [-0.15, -0.1) is 0 Å². The van der Waals surface area contributed by atoms with Crippen LogP contribution in [0.3, 0.4) is 0 Å². The first-order valence-electron chi connectivity index (χ1n) is 5.04. The first kappa shape index (κ1) is 10.2. The number of imidazole rings is 1. The topological polar surface area (TPSA) is 56.7 Å². The van der Waals surface area contributed by atoms with Gasteiger partial charge < -0.3 is 9.47 Å². The van der Waals surface area contributed by atoms with Gasteiger partial charge in [0.1, 0.15) is 18.5 Å². The molecule has 0 radical (unpaired) electrons.